The average molecular weight is 253 g/mol. The summed E-state index contributed by atoms with van der Waals surface area (Å²) in [5, 5.41) is 12.6. The van der Waals surface area contributed by atoms with Crippen LogP contribution in [0, 0.1) is 0 Å². The topological polar surface area (TPSA) is 133 Å². The molecule has 9 heteroatoms. The molecule has 2 rings (SSSR count). The fourth-order valence-corrected chi connectivity index (χ4v) is 1.87. The molecule has 2 N–H and O–H groups in total. The molecule has 0 spiro atoms. The highest BCUT2D eigenvalue weighted by atomic mass is 16.6. The summed E-state index contributed by atoms with van der Waals surface area (Å²) >= 11 is 0. The molecule has 1 unspecified atom stereocenters. The minimum absolute atomic E-state index is 0.295. The summed E-state index contributed by atoms with van der Waals surface area (Å²) in [6.07, 6.45) is 1.32. The maximum atomic E-state index is 11.5. The molecule has 1 aromatic heterocycles. The Morgan fingerprint density at radius 3 is 3.11 bits per heavy atom. The number of ether oxygens (including phenoxy) is 1. The van der Waals surface area contributed by atoms with Crippen LogP contribution in [0.4, 0.5) is 0 Å². The normalized spacial score (nSPS) is 26.8. The van der Waals surface area contributed by atoms with Crippen molar-refractivity contribution in [3.8, 4) is 0 Å². The van der Waals surface area contributed by atoms with Crippen LogP contribution < -0.4 is 11.2 Å². The second-order valence-corrected chi connectivity index (χ2v) is 3.92. The maximum absolute atomic E-state index is 11.5. The first-order valence-corrected chi connectivity index (χ1v) is 5.27. The molecule has 1 aliphatic rings. The lowest BCUT2D eigenvalue weighted by Crippen LogP contribution is -2.34. The number of hydrogen-bond acceptors (Lipinski definition) is 5. The molecule has 96 valence electrons. The van der Waals surface area contributed by atoms with Crippen molar-refractivity contribution in [3.63, 3.8) is 0 Å². The van der Waals surface area contributed by atoms with Gasteiger partial charge in [0, 0.05) is 17.2 Å². The average Bonchev–Trinajstić information content (AvgIpc) is 2.74. The number of rotatable bonds is 3. The Morgan fingerprint density at radius 1 is 1.72 bits per heavy atom. The van der Waals surface area contributed by atoms with Crippen molar-refractivity contribution in [2.75, 3.05) is 6.61 Å². The zero-order valence-corrected chi connectivity index (χ0v) is 9.31. The number of nitrogens with zero attached hydrogens (tertiary/aromatic N) is 4. The Balaban J connectivity index is 2.30. The summed E-state index contributed by atoms with van der Waals surface area (Å²) in [7, 11) is 0. The molecule has 0 amide bonds. The largest absolute Gasteiger partial charge is 0.393 e. The van der Waals surface area contributed by atoms with Crippen LogP contribution in [0.2, 0.25) is 0 Å². The maximum Gasteiger partial charge on any atom is 0.330 e. The molecule has 9 nitrogen and oxygen atoms in total. The highest BCUT2D eigenvalue weighted by Crippen LogP contribution is 2.36. The quantitative estimate of drug-likeness (QED) is 0.440. The summed E-state index contributed by atoms with van der Waals surface area (Å²) in [6.45, 7) is -0.467. The summed E-state index contributed by atoms with van der Waals surface area (Å²) in [5.41, 5.74) is 5.97. The summed E-state index contributed by atoms with van der Waals surface area (Å²) in [6, 6.07) is 1.19. The first-order valence-electron chi connectivity index (χ1n) is 5.27. The van der Waals surface area contributed by atoms with E-state index in [1.54, 1.807) is 0 Å². The van der Waals surface area contributed by atoms with Crippen LogP contribution >= 0.6 is 0 Å². The fraction of sp³-hybridized carbons (Fsp3) is 0.556. The van der Waals surface area contributed by atoms with E-state index in [2.05, 4.69) is 15.0 Å². The van der Waals surface area contributed by atoms with E-state index in [1.807, 2.05) is 0 Å². The van der Waals surface area contributed by atoms with Gasteiger partial charge in [0.25, 0.3) is 5.56 Å². The second-order valence-electron chi connectivity index (χ2n) is 3.92. The van der Waals surface area contributed by atoms with Gasteiger partial charge in [-0.05, 0) is 18.4 Å². The Kier molecular flexibility index (Phi) is 3.19. The summed E-state index contributed by atoms with van der Waals surface area (Å²) in [5.74, 6) is 0. The van der Waals surface area contributed by atoms with E-state index in [1.165, 1.54) is 16.8 Å². The third-order valence-electron chi connectivity index (χ3n) is 2.77. The zero-order chi connectivity index (χ0) is 13.2. The molecule has 0 bridgehead atoms. The molecule has 2 atom stereocenters. The lowest BCUT2D eigenvalue weighted by molar-refractivity contribution is -0.0951. The van der Waals surface area contributed by atoms with Crippen LogP contribution in [0.1, 0.15) is 19.1 Å². The van der Waals surface area contributed by atoms with E-state index in [0.717, 1.165) is 0 Å². The molecule has 0 aromatic carbocycles. The number of aliphatic hydroxyl groups excluding tert-OH is 1. The van der Waals surface area contributed by atoms with Gasteiger partial charge in [0.2, 0.25) is 0 Å². The number of nitrogens with one attached hydrogen (secondary N) is 1. The van der Waals surface area contributed by atoms with Gasteiger partial charge in [0.1, 0.15) is 6.23 Å². The smallest absolute Gasteiger partial charge is 0.330 e. The highest BCUT2D eigenvalue weighted by molar-refractivity contribution is 4.90. The van der Waals surface area contributed by atoms with Crippen molar-refractivity contribution in [1.29, 1.82) is 0 Å². The Morgan fingerprint density at radius 2 is 2.50 bits per heavy atom. The SMILES string of the molecule is [N-]=[N+]=N[C@@]1(CO)CCC(n2ccc(=O)[nH]c2=O)O1. The summed E-state index contributed by atoms with van der Waals surface area (Å²) in [4.78, 5) is 27.2. The third-order valence-corrected chi connectivity index (χ3v) is 2.77. The molecule has 18 heavy (non-hydrogen) atoms. The van der Waals surface area contributed by atoms with E-state index >= 15 is 0 Å². The predicted molar refractivity (Wildman–Crippen MR) is 59.6 cm³/mol. The van der Waals surface area contributed by atoms with Gasteiger partial charge in [-0.15, -0.1) is 0 Å². The third kappa shape index (κ3) is 2.14. The molecule has 1 fully saturated rings. The van der Waals surface area contributed by atoms with Gasteiger partial charge in [-0.3, -0.25) is 14.3 Å². The lowest BCUT2D eigenvalue weighted by Gasteiger charge is -2.21. The van der Waals surface area contributed by atoms with Gasteiger partial charge < -0.3 is 9.84 Å². The molecular formula is C9H11N5O4. The van der Waals surface area contributed by atoms with Crippen molar-refractivity contribution in [3.05, 3.63) is 43.5 Å². The second kappa shape index (κ2) is 4.65. The van der Waals surface area contributed by atoms with Crippen molar-refractivity contribution in [2.45, 2.75) is 24.8 Å². The number of aromatic nitrogens is 2. The van der Waals surface area contributed by atoms with Crippen LogP contribution in [-0.2, 0) is 4.74 Å². The Bertz CT molecular complexity index is 601. The molecule has 0 saturated carbocycles. The van der Waals surface area contributed by atoms with E-state index in [-0.39, 0.29) is 0 Å². The van der Waals surface area contributed by atoms with Crippen LogP contribution in [0.25, 0.3) is 10.4 Å². The van der Waals surface area contributed by atoms with Gasteiger partial charge in [-0.25, -0.2) is 4.79 Å². The van der Waals surface area contributed by atoms with Crippen molar-refractivity contribution in [1.82, 2.24) is 9.55 Å². The standard InChI is InChI=1S/C9H11N5O4/c10-13-12-9(5-15)3-1-7(18-9)14-4-2-6(16)11-8(14)17/h2,4,7,15H,1,3,5H2,(H,11,16,17)/t7?,9-/m0/s1. The zero-order valence-electron chi connectivity index (χ0n) is 9.31. The molecule has 0 radical (unpaired) electrons. The fourth-order valence-electron chi connectivity index (χ4n) is 1.87. The van der Waals surface area contributed by atoms with Gasteiger partial charge in [-0.1, -0.05) is 5.11 Å². The van der Waals surface area contributed by atoms with Crippen molar-refractivity contribution >= 4 is 0 Å². The van der Waals surface area contributed by atoms with E-state index in [0.29, 0.717) is 12.8 Å². The van der Waals surface area contributed by atoms with Crippen LogP contribution in [0.3, 0.4) is 0 Å². The number of hydrogen-bond donors (Lipinski definition) is 2. The molecule has 1 aliphatic heterocycles. The van der Waals surface area contributed by atoms with Gasteiger partial charge >= 0.3 is 5.69 Å². The molecule has 2 heterocycles. The minimum atomic E-state index is -1.34. The highest BCUT2D eigenvalue weighted by Gasteiger charge is 2.40. The first kappa shape index (κ1) is 12.4. The van der Waals surface area contributed by atoms with Gasteiger partial charge in [-0.2, -0.15) is 0 Å². The predicted octanol–water partition coefficient (Wildman–Crippen LogP) is -0.155. The van der Waals surface area contributed by atoms with E-state index in [4.69, 9.17) is 10.3 Å². The van der Waals surface area contributed by atoms with Crippen LogP contribution in [0.5, 0.6) is 0 Å². The van der Waals surface area contributed by atoms with Gasteiger partial charge in [0.05, 0.1) is 6.61 Å². The van der Waals surface area contributed by atoms with Crippen molar-refractivity contribution in [2.24, 2.45) is 5.11 Å². The molecular weight excluding hydrogens is 242 g/mol. The molecule has 1 saturated heterocycles. The van der Waals surface area contributed by atoms with Crippen LogP contribution in [-0.4, -0.2) is 27.0 Å². The van der Waals surface area contributed by atoms with E-state index < -0.39 is 29.8 Å². The number of azide groups is 1. The monoisotopic (exact) mass is 253 g/mol. The Labute approximate surface area is 100 Å². The van der Waals surface area contributed by atoms with Gasteiger partial charge in [0.15, 0.2) is 5.72 Å². The number of aromatic amines is 1. The lowest BCUT2D eigenvalue weighted by atomic mass is 10.1. The van der Waals surface area contributed by atoms with Crippen molar-refractivity contribution < 1.29 is 9.84 Å². The number of aliphatic hydroxyl groups is 1. The number of H-pyrrole nitrogens is 1. The minimum Gasteiger partial charge on any atom is -0.393 e. The molecule has 1 aromatic rings. The summed E-state index contributed by atoms with van der Waals surface area (Å²) < 4.78 is 6.60. The van der Waals surface area contributed by atoms with E-state index in [9.17, 15) is 14.7 Å². The molecule has 0 aliphatic carbocycles. The first-order chi connectivity index (χ1) is 8.60. The van der Waals surface area contributed by atoms with Crippen LogP contribution in [0.15, 0.2) is 27.0 Å². The Hall–Kier alpha value is -2.09.